The fourth-order valence-corrected chi connectivity index (χ4v) is 1.23. The van der Waals surface area contributed by atoms with Crippen LogP contribution in [0.25, 0.3) is 0 Å². The Morgan fingerprint density at radius 2 is 2.44 bits per heavy atom. The third-order valence-corrected chi connectivity index (χ3v) is 1.99. The van der Waals surface area contributed by atoms with Gasteiger partial charge in [0.1, 0.15) is 0 Å². The third-order valence-electron chi connectivity index (χ3n) is 1.99. The summed E-state index contributed by atoms with van der Waals surface area (Å²) in [5, 5.41) is 13.7. The lowest BCUT2D eigenvalue weighted by molar-refractivity contribution is -0.384. The van der Waals surface area contributed by atoms with Crippen LogP contribution in [0.3, 0.4) is 0 Å². The Hall–Kier alpha value is -2.09. The minimum absolute atomic E-state index is 0.000655. The second kappa shape index (κ2) is 5.71. The number of nitrogens with zero attached hydrogens (tertiary/aromatic N) is 2. The van der Waals surface area contributed by atoms with Crippen molar-refractivity contribution in [1.29, 1.82) is 0 Å². The van der Waals surface area contributed by atoms with Gasteiger partial charge in [0.2, 0.25) is 5.82 Å². The van der Waals surface area contributed by atoms with Crippen molar-refractivity contribution in [3.05, 3.63) is 27.9 Å². The Morgan fingerprint density at radius 3 is 3.06 bits per heavy atom. The quantitative estimate of drug-likeness (QED) is 0.356. The van der Waals surface area contributed by atoms with Crippen LogP contribution in [-0.4, -0.2) is 16.5 Å². The SMILES string of the molecule is C#CCCCNc1ncc(C)cc1[N+](=O)[O-]. The third kappa shape index (κ3) is 3.24. The summed E-state index contributed by atoms with van der Waals surface area (Å²) in [4.78, 5) is 14.3. The lowest BCUT2D eigenvalue weighted by Gasteiger charge is -2.05. The van der Waals surface area contributed by atoms with E-state index in [4.69, 9.17) is 6.42 Å². The molecule has 0 radical (unpaired) electrons. The molecule has 0 bridgehead atoms. The van der Waals surface area contributed by atoms with E-state index in [9.17, 15) is 10.1 Å². The lowest BCUT2D eigenvalue weighted by Crippen LogP contribution is -2.06. The highest BCUT2D eigenvalue weighted by molar-refractivity contribution is 5.56. The van der Waals surface area contributed by atoms with Gasteiger partial charge in [-0.2, -0.15) is 0 Å². The van der Waals surface area contributed by atoms with E-state index in [-0.39, 0.29) is 5.69 Å². The molecule has 0 aromatic carbocycles. The smallest absolute Gasteiger partial charge is 0.311 e. The second-order valence-corrected chi connectivity index (χ2v) is 3.37. The van der Waals surface area contributed by atoms with Crippen molar-refractivity contribution < 1.29 is 4.92 Å². The van der Waals surface area contributed by atoms with Crippen LogP contribution in [0.15, 0.2) is 12.3 Å². The Labute approximate surface area is 94.0 Å². The summed E-state index contributed by atoms with van der Waals surface area (Å²) in [6.07, 6.45) is 8.11. The number of terminal acetylenes is 1. The van der Waals surface area contributed by atoms with Crippen molar-refractivity contribution in [2.75, 3.05) is 11.9 Å². The van der Waals surface area contributed by atoms with E-state index in [1.807, 2.05) is 0 Å². The molecule has 0 atom stereocenters. The number of nitrogens with one attached hydrogen (secondary N) is 1. The van der Waals surface area contributed by atoms with Gasteiger partial charge in [0.25, 0.3) is 0 Å². The molecule has 1 heterocycles. The molecule has 0 spiro atoms. The summed E-state index contributed by atoms with van der Waals surface area (Å²) in [5.41, 5.74) is 0.765. The average molecular weight is 219 g/mol. The van der Waals surface area contributed by atoms with Gasteiger partial charge in [-0.25, -0.2) is 4.98 Å². The molecular weight excluding hydrogens is 206 g/mol. The minimum Gasteiger partial charge on any atom is -0.364 e. The molecule has 16 heavy (non-hydrogen) atoms. The number of anilines is 1. The van der Waals surface area contributed by atoms with Crippen LogP contribution in [-0.2, 0) is 0 Å². The van der Waals surface area contributed by atoms with Crippen molar-refractivity contribution in [2.24, 2.45) is 0 Å². The van der Waals surface area contributed by atoms with Gasteiger partial charge in [-0.15, -0.1) is 12.3 Å². The fraction of sp³-hybridized carbons (Fsp3) is 0.364. The zero-order valence-electron chi connectivity index (χ0n) is 9.06. The van der Waals surface area contributed by atoms with Crippen LogP contribution < -0.4 is 5.32 Å². The number of aryl methyl sites for hydroxylation is 1. The number of unbranched alkanes of at least 4 members (excludes halogenated alkanes) is 1. The zero-order chi connectivity index (χ0) is 12.0. The van der Waals surface area contributed by atoms with Gasteiger partial charge in [0.05, 0.1) is 4.92 Å². The van der Waals surface area contributed by atoms with Crippen LogP contribution in [0.5, 0.6) is 0 Å². The Kier molecular flexibility index (Phi) is 4.28. The summed E-state index contributed by atoms with van der Waals surface area (Å²) >= 11 is 0. The van der Waals surface area contributed by atoms with Gasteiger partial charge < -0.3 is 5.32 Å². The maximum Gasteiger partial charge on any atom is 0.311 e. The van der Waals surface area contributed by atoms with Crippen LogP contribution in [0, 0.1) is 29.4 Å². The number of aromatic nitrogens is 1. The topological polar surface area (TPSA) is 68.1 Å². The highest BCUT2D eigenvalue weighted by atomic mass is 16.6. The first kappa shape index (κ1) is 12.0. The summed E-state index contributed by atoms with van der Waals surface area (Å²) in [7, 11) is 0. The lowest BCUT2D eigenvalue weighted by atomic mass is 10.2. The Bertz CT molecular complexity index is 424. The molecule has 1 rings (SSSR count). The normalized spacial score (nSPS) is 9.50. The predicted molar refractivity (Wildman–Crippen MR) is 62.2 cm³/mol. The minimum atomic E-state index is -0.441. The summed E-state index contributed by atoms with van der Waals surface area (Å²) in [6, 6.07) is 1.50. The van der Waals surface area contributed by atoms with E-state index in [2.05, 4.69) is 16.2 Å². The van der Waals surface area contributed by atoms with Crippen LogP contribution in [0.4, 0.5) is 11.5 Å². The monoisotopic (exact) mass is 219 g/mol. The Morgan fingerprint density at radius 1 is 1.69 bits per heavy atom. The molecule has 0 aliphatic rings. The molecule has 0 fully saturated rings. The molecule has 1 aromatic rings. The molecular formula is C11H13N3O2. The summed E-state index contributed by atoms with van der Waals surface area (Å²) < 4.78 is 0. The molecule has 0 amide bonds. The Balaban J connectivity index is 2.72. The molecule has 84 valence electrons. The average Bonchev–Trinajstić information content (AvgIpc) is 2.26. The molecule has 0 aliphatic carbocycles. The number of pyridine rings is 1. The molecule has 5 nitrogen and oxygen atoms in total. The van der Waals surface area contributed by atoms with Gasteiger partial charge in [0.15, 0.2) is 0 Å². The second-order valence-electron chi connectivity index (χ2n) is 3.37. The van der Waals surface area contributed by atoms with E-state index in [1.165, 1.54) is 6.07 Å². The van der Waals surface area contributed by atoms with Crippen molar-refractivity contribution in [2.45, 2.75) is 19.8 Å². The van der Waals surface area contributed by atoms with Crippen molar-refractivity contribution in [1.82, 2.24) is 4.98 Å². The van der Waals surface area contributed by atoms with Gasteiger partial charge in [-0.1, -0.05) is 0 Å². The highest BCUT2D eigenvalue weighted by Gasteiger charge is 2.14. The van der Waals surface area contributed by atoms with E-state index in [1.54, 1.807) is 13.1 Å². The highest BCUT2D eigenvalue weighted by Crippen LogP contribution is 2.22. The first-order valence-corrected chi connectivity index (χ1v) is 4.93. The van der Waals surface area contributed by atoms with Crippen LogP contribution >= 0.6 is 0 Å². The van der Waals surface area contributed by atoms with Crippen molar-refractivity contribution in [3.63, 3.8) is 0 Å². The number of nitro groups is 1. The van der Waals surface area contributed by atoms with E-state index in [0.29, 0.717) is 18.8 Å². The number of rotatable bonds is 5. The zero-order valence-corrected chi connectivity index (χ0v) is 9.06. The van der Waals surface area contributed by atoms with Crippen molar-refractivity contribution in [3.8, 4) is 12.3 Å². The fourth-order valence-electron chi connectivity index (χ4n) is 1.23. The van der Waals surface area contributed by atoms with Crippen LogP contribution in [0.1, 0.15) is 18.4 Å². The molecule has 1 N–H and O–H groups in total. The molecule has 0 aliphatic heterocycles. The summed E-state index contributed by atoms with van der Waals surface area (Å²) in [6.45, 7) is 2.35. The van der Waals surface area contributed by atoms with Gasteiger partial charge in [0, 0.05) is 25.2 Å². The van der Waals surface area contributed by atoms with E-state index < -0.39 is 4.92 Å². The molecule has 5 heteroatoms. The van der Waals surface area contributed by atoms with Crippen LogP contribution in [0.2, 0.25) is 0 Å². The molecule has 1 aromatic heterocycles. The first-order valence-electron chi connectivity index (χ1n) is 4.93. The molecule has 0 unspecified atom stereocenters. The maximum atomic E-state index is 10.8. The number of hydrogen-bond donors (Lipinski definition) is 1. The number of hydrogen-bond acceptors (Lipinski definition) is 4. The first-order chi connectivity index (χ1) is 7.65. The van der Waals surface area contributed by atoms with Crippen molar-refractivity contribution >= 4 is 11.5 Å². The van der Waals surface area contributed by atoms with Gasteiger partial charge in [-0.3, -0.25) is 10.1 Å². The maximum absolute atomic E-state index is 10.8. The summed E-state index contributed by atoms with van der Waals surface area (Å²) in [5.74, 6) is 2.80. The van der Waals surface area contributed by atoms with Gasteiger partial charge >= 0.3 is 5.69 Å². The van der Waals surface area contributed by atoms with E-state index >= 15 is 0 Å². The predicted octanol–water partition coefficient (Wildman–Crippen LogP) is 2.12. The van der Waals surface area contributed by atoms with E-state index in [0.717, 1.165) is 12.0 Å². The van der Waals surface area contributed by atoms with Gasteiger partial charge in [-0.05, 0) is 18.9 Å². The molecule has 0 saturated carbocycles. The standard InChI is InChI=1S/C11H13N3O2/c1-3-4-5-6-12-11-10(14(15)16)7-9(2)8-13-11/h1,7-8H,4-6H2,2H3,(H,12,13). The largest absolute Gasteiger partial charge is 0.364 e. The molecule has 0 saturated heterocycles.